The molecule has 1 aliphatic rings. The number of sulfonamides is 1. The minimum Gasteiger partial charge on any atom is -0.393 e. The Bertz CT molecular complexity index is 706. The minimum absolute atomic E-state index is 0.0274. The maximum absolute atomic E-state index is 11.7. The molecule has 1 saturated heterocycles. The van der Waals surface area contributed by atoms with Crippen molar-refractivity contribution in [1.29, 1.82) is 0 Å². The molecule has 0 amide bonds. The quantitative estimate of drug-likeness (QED) is 0.726. The molecular formula is C11H18N4O4S. The molecule has 8 nitrogen and oxygen atoms in total. The lowest BCUT2D eigenvalue weighted by molar-refractivity contribution is 0.244. The predicted molar refractivity (Wildman–Crippen MR) is 74.9 cm³/mol. The monoisotopic (exact) mass is 302 g/mol. The molecule has 112 valence electrons. The lowest BCUT2D eigenvalue weighted by Crippen LogP contribution is -2.42. The molecule has 20 heavy (non-hydrogen) atoms. The van der Waals surface area contributed by atoms with Crippen molar-refractivity contribution in [1.82, 2.24) is 13.9 Å². The minimum atomic E-state index is -3.21. The first kappa shape index (κ1) is 14.8. The zero-order chi connectivity index (χ0) is 14.9. The van der Waals surface area contributed by atoms with Crippen molar-refractivity contribution in [3.8, 4) is 0 Å². The number of nitrogens with two attached hydrogens (primary N) is 1. The van der Waals surface area contributed by atoms with E-state index in [2.05, 4.69) is 4.98 Å². The van der Waals surface area contributed by atoms with E-state index < -0.39 is 21.3 Å². The molecule has 1 unspecified atom stereocenters. The Hall–Kier alpha value is -1.61. The lowest BCUT2D eigenvalue weighted by Gasteiger charge is -2.31. The third-order valence-electron chi connectivity index (χ3n) is 3.44. The van der Waals surface area contributed by atoms with E-state index in [4.69, 9.17) is 5.73 Å². The molecule has 1 aromatic heterocycles. The molecule has 1 atom stereocenters. The Balaban J connectivity index is 2.16. The zero-order valence-corrected chi connectivity index (χ0v) is 12.0. The highest BCUT2D eigenvalue weighted by molar-refractivity contribution is 7.88. The van der Waals surface area contributed by atoms with E-state index in [9.17, 15) is 18.0 Å². The van der Waals surface area contributed by atoms with Gasteiger partial charge in [0.25, 0.3) is 5.56 Å². The van der Waals surface area contributed by atoms with Crippen molar-refractivity contribution in [2.45, 2.75) is 19.4 Å². The van der Waals surface area contributed by atoms with Gasteiger partial charge in [0.15, 0.2) is 0 Å². The number of rotatable bonds is 3. The van der Waals surface area contributed by atoms with Crippen molar-refractivity contribution < 1.29 is 8.42 Å². The molecule has 3 N–H and O–H groups in total. The molecular weight excluding hydrogens is 284 g/mol. The number of H-pyrrole nitrogens is 1. The number of aromatic nitrogens is 2. The summed E-state index contributed by atoms with van der Waals surface area (Å²) in [5, 5.41) is 0. The maximum atomic E-state index is 11.7. The number of anilines is 1. The first-order chi connectivity index (χ1) is 9.27. The molecule has 0 radical (unpaired) electrons. The standard InChI is InChI=1S/C11H18N4O4S/c1-20(18,19)15-4-2-3-8(6-15)5-14-7-9(12)10(16)13-11(14)17/h7-8H,2-6,12H2,1H3,(H,13,16,17). The summed E-state index contributed by atoms with van der Waals surface area (Å²) < 4.78 is 25.8. The second-order valence-electron chi connectivity index (χ2n) is 5.13. The van der Waals surface area contributed by atoms with Gasteiger partial charge in [-0.2, -0.15) is 0 Å². The van der Waals surface area contributed by atoms with Crippen molar-refractivity contribution in [3.05, 3.63) is 27.0 Å². The number of hydrogen-bond donors (Lipinski definition) is 2. The highest BCUT2D eigenvalue weighted by Crippen LogP contribution is 2.19. The van der Waals surface area contributed by atoms with Crippen LogP contribution in [-0.2, 0) is 16.6 Å². The average Bonchev–Trinajstić information content (AvgIpc) is 2.35. The van der Waals surface area contributed by atoms with Crippen molar-refractivity contribution in [2.24, 2.45) is 5.92 Å². The van der Waals surface area contributed by atoms with Gasteiger partial charge in [-0.25, -0.2) is 17.5 Å². The van der Waals surface area contributed by atoms with Crippen molar-refractivity contribution in [2.75, 3.05) is 25.1 Å². The topological polar surface area (TPSA) is 118 Å². The fraction of sp³-hybridized carbons (Fsp3) is 0.636. The Labute approximate surface area is 116 Å². The SMILES string of the molecule is CS(=O)(=O)N1CCCC(Cn2cc(N)c(=O)[nH]c2=O)C1. The van der Waals surface area contributed by atoms with Crippen LogP contribution in [0.5, 0.6) is 0 Å². The smallest absolute Gasteiger partial charge is 0.328 e. The van der Waals surface area contributed by atoms with Gasteiger partial charge in [0.2, 0.25) is 10.0 Å². The lowest BCUT2D eigenvalue weighted by atomic mass is 10.00. The highest BCUT2D eigenvalue weighted by Gasteiger charge is 2.26. The van der Waals surface area contributed by atoms with E-state index in [1.165, 1.54) is 21.3 Å². The van der Waals surface area contributed by atoms with Gasteiger partial charge in [0, 0.05) is 25.8 Å². The van der Waals surface area contributed by atoms with E-state index >= 15 is 0 Å². The van der Waals surface area contributed by atoms with Gasteiger partial charge in [-0.1, -0.05) is 0 Å². The molecule has 0 aromatic carbocycles. The number of hydrogen-bond acceptors (Lipinski definition) is 5. The van der Waals surface area contributed by atoms with E-state index in [0.29, 0.717) is 19.6 Å². The van der Waals surface area contributed by atoms with Gasteiger partial charge in [0.1, 0.15) is 5.69 Å². The van der Waals surface area contributed by atoms with Crippen LogP contribution in [0.15, 0.2) is 15.8 Å². The summed E-state index contributed by atoms with van der Waals surface area (Å²) in [7, 11) is -3.21. The van der Waals surface area contributed by atoms with Crippen LogP contribution in [0.2, 0.25) is 0 Å². The number of nitrogen functional groups attached to an aromatic ring is 1. The van der Waals surface area contributed by atoms with Gasteiger partial charge in [-0.05, 0) is 18.8 Å². The van der Waals surface area contributed by atoms with Crippen molar-refractivity contribution >= 4 is 15.7 Å². The molecule has 0 spiro atoms. The van der Waals surface area contributed by atoms with Crippen LogP contribution in [0.4, 0.5) is 5.69 Å². The van der Waals surface area contributed by atoms with Gasteiger partial charge >= 0.3 is 5.69 Å². The van der Waals surface area contributed by atoms with E-state index in [-0.39, 0.29) is 11.6 Å². The normalized spacial score (nSPS) is 20.9. The molecule has 1 fully saturated rings. The van der Waals surface area contributed by atoms with Crippen LogP contribution in [0, 0.1) is 5.92 Å². The Morgan fingerprint density at radius 1 is 1.45 bits per heavy atom. The number of aromatic amines is 1. The summed E-state index contributed by atoms with van der Waals surface area (Å²) in [5.41, 5.74) is 4.32. The fourth-order valence-electron chi connectivity index (χ4n) is 2.42. The first-order valence-electron chi connectivity index (χ1n) is 6.31. The van der Waals surface area contributed by atoms with Crippen LogP contribution in [0.3, 0.4) is 0 Å². The fourth-order valence-corrected chi connectivity index (χ4v) is 3.36. The van der Waals surface area contributed by atoms with Gasteiger partial charge < -0.3 is 5.73 Å². The van der Waals surface area contributed by atoms with E-state index in [1.54, 1.807) is 0 Å². The van der Waals surface area contributed by atoms with E-state index in [1.807, 2.05) is 0 Å². The highest BCUT2D eigenvalue weighted by atomic mass is 32.2. The summed E-state index contributed by atoms with van der Waals surface area (Å²) in [6.07, 6.45) is 4.07. The predicted octanol–water partition coefficient (Wildman–Crippen LogP) is -1.21. The zero-order valence-electron chi connectivity index (χ0n) is 11.2. The summed E-state index contributed by atoms with van der Waals surface area (Å²) in [4.78, 5) is 25.0. The molecule has 9 heteroatoms. The third kappa shape index (κ3) is 3.28. The van der Waals surface area contributed by atoms with Crippen LogP contribution >= 0.6 is 0 Å². The molecule has 2 rings (SSSR count). The Morgan fingerprint density at radius 3 is 2.80 bits per heavy atom. The van der Waals surface area contributed by atoms with Crippen LogP contribution in [-0.4, -0.2) is 41.6 Å². The molecule has 0 saturated carbocycles. The van der Waals surface area contributed by atoms with Crippen molar-refractivity contribution in [3.63, 3.8) is 0 Å². The summed E-state index contributed by atoms with van der Waals surface area (Å²) >= 11 is 0. The summed E-state index contributed by atoms with van der Waals surface area (Å²) in [6.45, 7) is 1.23. The molecule has 2 heterocycles. The molecule has 1 aromatic rings. The summed E-state index contributed by atoms with van der Waals surface area (Å²) in [6, 6.07) is 0. The largest absolute Gasteiger partial charge is 0.393 e. The van der Waals surface area contributed by atoms with Gasteiger partial charge in [0.05, 0.1) is 6.26 Å². The Kier molecular flexibility index (Phi) is 4.00. The average molecular weight is 302 g/mol. The maximum Gasteiger partial charge on any atom is 0.328 e. The number of piperidine rings is 1. The molecule has 0 aliphatic carbocycles. The number of nitrogens with one attached hydrogen (secondary N) is 1. The third-order valence-corrected chi connectivity index (χ3v) is 4.71. The number of nitrogens with zero attached hydrogens (tertiary/aromatic N) is 2. The summed E-state index contributed by atoms with van der Waals surface area (Å²) in [5.74, 6) is 0.0291. The van der Waals surface area contributed by atoms with Gasteiger partial charge in [-0.15, -0.1) is 0 Å². The van der Waals surface area contributed by atoms with E-state index in [0.717, 1.165) is 12.8 Å². The van der Waals surface area contributed by atoms with Crippen LogP contribution in [0.1, 0.15) is 12.8 Å². The van der Waals surface area contributed by atoms with Gasteiger partial charge in [-0.3, -0.25) is 14.3 Å². The first-order valence-corrected chi connectivity index (χ1v) is 8.16. The second kappa shape index (κ2) is 5.41. The molecule has 0 bridgehead atoms. The second-order valence-corrected chi connectivity index (χ2v) is 7.11. The Morgan fingerprint density at radius 2 is 2.15 bits per heavy atom. The molecule has 1 aliphatic heterocycles. The van der Waals surface area contributed by atoms with Crippen LogP contribution < -0.4 is 17.0 Å². The van der Waals surface area contributed by atoms with Crippen LogP contribution in [0.25, 0.3) is 0 Å².